The fourth-order valence-electron chi connectivity index (χ4n) is 1.66. The molecule has 2 rings (SSSR count). The molecule has 0 N–H and O–H groups in total. The molecule has 0 saturated heterocycles. The maximum Gasteiger partial charge on any atom is 0.124 e. The summed E-state index contributed by atoms with van der Waals surface area (Å²) in [6.45, 7) is 4.99. The van der Waals surface area contributed by atoms with Gasteiger partial charge in [-0.05, 0) is 44.9 Å². The van der Waals surface area contributed by atoms with Gasteiger partial charge in [-0.1, -0.05) is 32.0 Å². The van der Waals surface area contributed by atoms with Crippen LogP contribution in [0.4, 0.5) is 0 Å². The number of hydrogen-bond acceptors (Lipinski definition) is 2. The Morgan fingerprint density at radius 2 is 2.00 bits per heavy atom. The Balaban J connectivity index is 2.11. The number of halogens is 1. The van der Waals surface area contributed by atoms with Gasteiger partial charge in [0.15, 0.2) is 0 Å². The molecule has 0 bridgehead atoms. The quantitative estimate of drug-likeness (QED) is 0.753. The zero-order valence-electron chi connectivity index (χ0n) is 9.94. The third-order valence-corrected chi connectivity index (χ3v) is 4.49. The van der Waals surface area contributed by atoms with E-state index in [9.17, 15) is 0 Å². The van der Waals surface area contributed by atoms with Crippen molar-refractivity contribution in [2.75, 3.05) is 0 Å². The molecule has 17 heavy (non-hydrogen) atoms. The second kappa shape index (κ2) is 5.69. The van der Waals surface area contributed by atoms with E-state index >= 15 is 0 Å². The van der Waals surface area contributed by atoms with Crippen LogP contribution in [0.1, 0.15) is 30.2 Å². The lowest BCUT2D eigenvalue weighted by molar-refractivity contribution is 0.304. The molecule has 0 saturated carbocycles. The normalized spacial score (nSPS) is 10.8. The van der Waals surface area contributed by atoms with Crippen LogP contribution in [0, 0.1) is 0 Å². The fraction of sp³-hybridized carbons (Fsp3) is 0.286. The first-order chi connectivity index (χ1) is 8.18. The van der Waals surface area contributed by atoms with Crippen molar-refractivity contribution in [2.24, 2.45) is 0 Å². The Labute approximate surface area is 115 Å². The average Bonchev–Trinajstić information content (AvgIpc) is 2.72. The highest BCUT2D eigenvalue weighted by atomic mass is 79.9. The Hall–Kier alpha value is -0.800. The highest BCUT2D eigenvalue weighted by Gasteiger charge is 2.08. The van der Waals surface area contributed by atoms with Gasteiger partial charge in [0.05, 0.1) is 4.88 Å². The van der Waals surface area contributed by atoms with Gasteiger partial charge in [0.2, 0.25) is 0 Å². The van der Waals surface area contributed by atoms with E-state index in [0.717, 1.165) is 10.2 Å². The van der Waals surface area contributed by atoms with Crippen LogP contribution in [0.3, 0.4) is 0 Å². The summed E-state index contributed by atoms with van der Waals surface area (Å²) in [6, 6.07) is 10.3. The molecule has 0 fully saturated rings. The Morgan fingerprint density at radius 1 is 1.24 bits per heavy atom. The van der Waals surface area contributed by atoms with Crippen molar-refractivity contribution in [3.63, 3.8) is 0 Å². The molecule has 1 aromatic heterocycles. The summed E-state index contributed by atoms with van der Waals surface area (Å²) >= 11 is 5.23. The second-order valence-electron chi connectivity index (χ2n) is 4.17. The van der Waals surface area contributed by atoms with Crippen LogP contribution in [-0.2, 0) is 6.61 Å². The molecule has 3 heteroatoms. The minimum Gasteiger partial charge on any atom is -0.488 e. The first-order valence-electron chi connectivity index (χ1n) is 5.62. The largest absolute Gasteiger partial charge is 0.488 e. The maximum absolute atomic E-state index is 5.90. The highest BCUT2D eigenvalue weighted by molar-refractivity contribution is 9.10. The van der Waals surface area contributed by atoms with Gasteiger partial charge in [-0.25, -0.2) is 0 Å². The molecule has 0 amide bonds. The van der Waals surface area contributed by atoms with Crippen LogP contribution in [-0.4, -0.2) is 0 Å². The highest BCUT2D eigenvalue weighted by Crippen LogP contribution is 2.29. The smallest absolute Gasteiger partial charge is 0.124 e. The van der Waals surface area contributed by atoms with E-state index in [1.165, 1.54) is 10.4 Å². The lowest BCUT2D eigenvalue weighted by Gasteiger charge is -2.13. The van der Waals surface area contributed by atoms with Crippen molar-refractivity contribution >= 4 is 27.3 Å². The average molecular weight is 311 g/mol. The number of hydrogen-bond donors (Lipinski definition) is 0. The Morgan fingerprint density at radius 3 is 2.65 bits per heavy atom. The summed E-state index contributed by atoms with van der Waals surface area (Å²) in [6.07, 6.45) is 0. The molecule has 90 valence electrons. The minimum absolute atomic E-state index is 0.484. The van der Waals surface area contributed by atoms with E-state index in [0.29, 0.717) is 12.5 Å². The lowest BCUT2D eigenvalue weighted by atomic mass is 10.0. The summed E-state index contributed by atoms with van der Waals surface area (Å²) in [5.41, 5.74) is 1.26. The molecular weight excluding hydrogens is 296 g/mol. The van der Waals surface area contributed by atoms with Crippen LogP contribution in [0.2, 0.25) is 0 Å². The number of benzene rings is 1. The van der Waals surface area contributed by atoms with Gasteiger partial charge in [0.25, 0.3) is 0 Å². The molecule has 1 nitrogen and oxygen atoms in total. The molecule has 0 radical (unpaired) electrons. The van der Waals surface area contributed by atoms with E-state index in [-0.39, 0.29) is 0 Å². The SMILES string of the molecule is CC(C)c1ccccc1OCc1sccc1Br. The van der Waals surface area contributed by atoms with E-state index in [2.05, 4.69) is 53.4 Å². The molecule has 2 aromatic rings. The van der Waals surface area contributed by atoms with E-state index in [1.54, 1.807) is 11.3 Å². The van der Waals surface area contributed by atoms with Gasteiger partial charge in [0.1, 0.15) is 12.4 Å². The minimum atomic E-state index is 0.484. The number of para-hydroxylation sites is 1. The summed E-state index contributed by atoms with van der Waals surface area (Å²) in [5.74, 6) is 1.47. The number of ether oxygens (including phenoxy) is 1. The molecule has 0 aliphatic carbocycles. The molecule has 0 spiro atoms. The molecule has 1 aromatic carbocycles. The predicted molar refractivity (Wildman–Crippen MR) is 76.9 cm³/mol. The second-order valence-corrected chi connectivity index (χ2v) is 6.03. The number of thiophene rings is 1. The van der Waals surface area contributed by atoms with Crippen molar-refractivity contribution in [3.8, 4) is 5.75 Å². The van der Waals surface area contributed by atoms with Crippen molar-refractivity contribution in [2.45, 2.75) is 26.4 Å². The van der Waals surface area contributed by atoms with Gasteiger partial charge in [-0.3, -0.25) is 0 Å². The molecule has 0 aliphatic rings. The van der Waals surface area contributed by atoms with Crippen molar-refractivity contribution < 1.29 is 4.74 Å². The monoisotopic (exact) mass is 310 g/mol. The van der Waals surface area contributed by atoms with Gasteiger partial charge < -0.3 is 4.74 Å². The standard InChI is InChI=1S/C14H15BrOS/c1-10(2)11-5-3-4-6-13(11)16-9-14-12(15)7-8-17-14/h3-8,10H,9H2,1-2H3. The summed E-state index contributed by atoms with van der Waals surface area (Å²) < 4.78 is 7.03. The Kier molecular flexibility index (Phi) is 4.24. The zero-order valence-corrected chi connectivity index (χ0v) is 12.3. The summed E-state index contributed by atoms with van der Waals surface area (Å²) in [4.78, 5) is 1.23. The van der Waals surface area contributed by atoms with Gasteiger partial charge in [0, 0.05) is 4.47 Å². The predicted octanol–water partition coefficient (Wildman–Crippen LogP) is 5.21. The lowest BCUT2D eigenvalue weighted by Crippen LogP contribution is -1.98. The topological polar surface area (TPSA) is 9.23 Å². The van der Waals surface area contributed by atoms with Crippen molar-refractivity contribution in [1.29, 1.82) is 0 Å². The summed E-state index contributed by atoms with van der Waals surface area (Å²) in [5, 5.41) is 2.07. The molecule has 0 aliphatic heterocycles. The van der Waals surface area contributed by atoms with Crippen LogP contribution in [0.5, 0.6) is 5.75 Å². The van der Waals surface area contributed by atoms with Crippen LogP contribution in [0.25, 0.3) is 0 Å². The van der Waals surface area contributed by atoms with Crippen LogP contribution in [0.15, 0.2) is 40.2 Å². The molecule has 0 unspecified atom stereocenters. The van der Waals surface area contributed by atoms with E-state index in [1.807, 2.05) is 12.1 Å². The third-order valence-electron chi connectivity index (χ3n) is 2.59. The Bertz CT molecular complexity index is 490. The molecule has 1 heterocycles. The van der Waals surface area contributed by atoms with Crippen LogP contribution < -0.4 is 4.74 Å². The van der Waals surface area contributed by atoms with E-state index < -0.39 is 0 Å². The van der Waals surface area contributed by atoms with E-state index in [4.69, 9.17) is 4.74 Å². The third kappa shape index (κ3) is 3.11. The van der Waals surface area contributed by atoms with Gasteiger partial charge in [-0.15, -0.1) is 11.3 Å². The molecule has 0 atom stereocenters. The van der Waals surface area contributed by atoms with Gasteiger partial charge in [-0.2, -0.15) is 0 Å². The first-order valence-corrected chi connectivity index (χ1v) is 7.29. The first kappa shape index (κ1) is 12.7. The van der Waals surface area contributed by atoms with Crippen molar-refractivity contribution in [3.05, 3.63) is 50.6 Å². The van der Waals surface area contributed by atoms with Crippen molar-refractivity contribution in [1.82, 2.24) is 0 Å². The maximum atomic E-state index is 5.90. The molecular formula is C14H15BrOS. The van der Waals surface area contributed by atoms with Gasteiger partial charge >= 0.3 is 0 Å². The zero-order chi connectivity index (χ0) is 12.3. The fourth-order valence-corrected chi connectivity index (χ4v) is 3.04. The number of rotatable bonds is 4. The van der Waals surface area contributed by atoms with Crippen LogP contribution >= 0.6 is 27.3 Å². The summed E-state index contributed by atoms with van der Waals surface area (Å²) in [7, 11) is 0.